The molecule has 2 aromatic rings. The van der Waals surface area contributed by atoms with Gasteiger partial charge in [0.2, 0.25) is 0 Å². The number of hydrogen-bond donors (Lipinski definition) is 1. The van der Waals surface area contributed by atoms with Crippen LogP contribution in [0.25, 0.3) is 11.3 Å². The smallest absolute Gasteiger partial charge is 0.329 e. The van der Waals surface area contributed by atoms with Gasteiger partial charge in [0, 0.05) is 30.2 Å². The third-order valence-corrected chi connectivity index (χ3v) is 4.39. The third-order valence-electron chi connectivity index (χ3n) is 4.39. The number of nitrogens with zero attached hydrogens (tertiary/aromatic N) is 3. The third kappa shape index (κ3) is 3.52. The van der Waals surface area contributed by atoms with Crippen molar-refractivity contribution in [1.82, 2.24) is 19.9 Å². The highest BCUT2D eigenvalue weighted by Crippen LogP contribution is 2.47. The Bertz CT molecular complexity index is 702. The Morgan fingerprint density at radius 2 is 2.22 bits per heavy atom. The molecular weight excluding hydrogens is 292 g/mol. The first-order valence-electron chi connectivity index (χ1n) is 7.85. The fourth-order valence-corrected chi connectivity index (χ4v) is 2.43. The molecule has 122 valence electrons. The molecule has 1 aliphatic carbocycles. The van der Waals surface area contributed by atoms with Gasteiger partial charge < -0.3 is 10.1 Å². The Morgan fingerprint density at radius 1 is 1.43 bits per heavy atom. The summed E-state index contributed by atoms with van der Waals surface area (Å²) in [5.41, 5.74) is 2.88. The lowest BCUT2D eigenvalue weighted by atomic mass is 10.1. The quantitative estimate of drug-likeness (QED) is 0.921. The number of imidazole rings is 1. The van der Waals surface area contributed by atoms with Crippen LogP contribution in [0, 0.1) is 12.3 Å². The van der Waals surface area contributed by atoms with E-state index in [2.05, 4.69) is 22.2 Å². The maximum Gasteiger partial charge on any atom is 0.329 e. The van der Waals surface area contributed by atoms with Gasteiger partial charge in [-0.3, -0.25) is 4.98 Å². The van der Waals surface area contributed by atoms with E-state index in [1.165, 1.54) is 24.5 Å². The number of rotatable bonds is 5. The summed E-state index contributed by atoms with van der Waals surface area (Å²) in [5.74, 6) is 0. The molecule has 0 bridgehead atoms. The predicted molar refractivity (Wildman–Crippen MR) is 87.5 cm³/mol. The van der Waals surface area contributed by atoms with Crippen molar-refractivity contribution in [2.24, 2.45) is 5.41 Å². The Balaban J connectivity index is 1.73. The number of carbonyl (C=O) groups excluding carboxylic acids is 1. The zero-order valence-electron chi connectivity index (χ0n) is 13.8. The van der Waals surface area contributed by atoms with Crippen molar-refractivity contribution in [3.8, 4) is 17.3 Å². The number of nitrogens with one attached hydrogen (secondary N) is 1. The number of aromatic nitrogens is 3. The minimum absolute atomic E-state index is 0.218. The van der Waals surface area contributed by atoms with Gasteiger partial charge in [-0.1, -0.05) is 6.92 Å². The highest BCUT2D eigenvalue weighted by molar-refractivity contribution is 5.79. The second-order valence-corrected chi connectivity index (χ2v) is 6.46. The van der Waals surface area contributed by atoms with Crippen LogP contribution >= 0.6 is 0 Å². The molecule has 1 fully saturated rings. The Kier molecular flexibility index (Phi) is 4.07. The van der Waals surface area contributed by atoms with Crippen molar-refractivity contribution in [2.75, 3.05) is 13.7 Å². The van der Waals surface area contributed by atoms with Gasteiger partial charge in [0.15, 0.2) is 0 Å². The number of carbonyl (C=O) groups is 1. The van der Waals surface area contributed by atoms with E-state index < -0.39 is 0 Å². The molecule has 0 spiro atoms. The van der Waals surface area contributed by atoms with E-state index in [0.29, 0.717) is 17.7 Å². The van der Waals surface area contributed by atoms with E-state index >= 15 is 0 Å². The molecule has 0 atom stereocenters. The second kappa shape index (κ2) is 6.02. The van der Waals surface area contributed by atoms with Crippen LogP contribution in [-0.2, 0) is 0 Å². The summed E-state index contributed by atoms with van der Waals surface area (Å²) in [4.78, 5) is 21.0. The van der Waals surface area contributed by atoms with Crippen molar-refractivity contribution in [3.05, 3.63) is 30.2 Å². The lowest BCUT2D eigenvalue weighted by Crippen LogP contribution is -2.30. The molecule has 0 saturated heterocycles. The average Bonchev–Trinajstić information content (AvgIpc) is 3.12. The summed E-state index contributed by atoms with van der Waals surface area (Å²) in [6.45, 7) is 4.84. The molecule has 2 heterocycles. The first kappa shape index (κ1) is 15.5. The molecule has 23 heavy (non-hydrogen) atoms. The molecule has 0 radical (unpaired) electrons. The summed E-state index contributed by atoms with van der Waals surface area (Å²) < 4.78 is 6.63. The van der Waals surface area contributed by atoms with Crippen LogP contribution in [0.4, 0.5) is 4.79 Å². The van der Waals surface area contributed by atoms with Gasteiger partial charge in [-0.2, -0.15) is 4.98 Å². The fraction of sp³-hybridized carbons (Fsp3) is 0.471. The number of aryl methyl sites for hydroxylation is 1. The minimum atomic E-state index is -0.218. The Hall–Kier alpha value is -2.37. The molecule has 6 nitrogen and oxygen atoms in total. The van der Waals surface area contributed by atoms with E-state index in [1.807, 2.05) is 19.1 Å². The zero-order valence-corrected chi connectivity index (χ0v) is 13.8. The number of pyridine rings is 1. The molecule has 0 aromatic carbocycles. The predicted octanol–water partition coefficient (Wildman–Crippen LogP) is 3.01. The number of hydrogen-bond acceptors (Lipinski definition) is 4. The monoisotopic (exact) mass is 314 g/mol. The fourth-order valence-electron chi connectivity index (χ4n) is 2.43. The van der Waals surface area contributed by atoms with E-state index in [4.69, 9.17) is 4.74 Å². The SMILES string of the molecule is COc1nc(-c2ccc(C)nc2)cn1C(=O)NCCC1(C)CC1. The summed E-state index contributed by atoms with van der Waals surface area (Å²) in [6.07, 6.45) is 6.93. The van der Waals surface area contributed by atoms with Gasteiger partial charge in [-0.15, -0.1) is 0 Å². The Morgan fingerprint density at radius 3 is 2.83 bits per heavy atom. The molecule has 1 amide bonds. The van der Waals surface area contributed by atoms with Crippen LogP contribution in [0.2, 0.25) is 0 Å². The molecule has 1 saturated carbocycles. The van der Waals surface area contributed by atoms with E-state index in [9.17, 15) is 4.79 Å². The number of methoxy groups -OCH3 is 1. The van der Waals surface area contributed by atoms with Crippen molar-refractivity contribution in [3.63, 3.8) is 0 Å². The first-order valence-corrected chi connectivity index (χ1v) is 7.85. The maximum absolute atomic E-state index is 12.3. The average molecular weight is 314 g/mol. The van der Waals surface area contributed by atoms with Crippen LogP contribution in [0.15, 0.2) is 24.5 Å². The van der Waals surface area contributed by atoms with Crippen LogP contribution in [-0.4, -0.2) is 34.2 Å². The van der Waals surface area contributed by atoms with Gasteiger partial charge in [-0.25, -0.2) is 9.36 Å². The summed E-state index contributed by atoms with van der Waals surface area (Å²) in [6, 6.07) is 3.90. The highest BCUT2D eigenvalue weighted by atomic mass is 16.5. The van der Waals surface area contributed by atoms with Crippen molar-refractivity contribution in [2.45, 2.75) is 33.1 Å². The van der Waals surface area contributed by atoms with Crippen LogP contribution in [0.5, 0.6) is 6.01 Å². The lowest BCUT2D eigenvalue weighted by Gasteiger charge is -2.10. The summed E-state index contributed by atoms with van der Waals surface area (Å²) in [5, 5.41) is 2.93. The molecule has 0 unspecified atom stereocenters. The number of ether oxygens (including phenoxy) is 1. The molecule has 6 heteroatoms. The van der Waals surface area contributed by atoms with E-state index in [1.54, 1.807) is 12.4 Å². The second-order valence-electron chi connectivity index (χ2n) is 6.46. The van der Waals surface area contributed by atoms with Crippen LogP contribution in [0.1, 0.15) is 31.9 Å². The van der Waals surface area contributed by atoms with Crippen LogP contribution in [0.3, 0.4) is 0 Å². The van der Waals surface area contributed by atoms with E-state index in [-0.39, 0.29) is 12.0 Å². The Labute approximate surface area is 135 Å². The molecular formula is C17H22N4O2. The van der Waals surface area contributed by atoms with Crippen molar-refractivity contribution < 1.29 is 9.53 Å². The molecule has 1 aliphatic rings. The molecule has 3 rings (SSSR count). The zero-order chi connectivity index (χ0) is 16.4. The maximum atomic E-state index is 12.3. The van der Waals surface area contributed by atoms with Crippen LogP contribution < -0.4 is 10.1 Å². The van der Waals surface area contributed by atoms with Crippen molar-refractivity contribution in [1.29, 1.82) is 0 Å². The highest BCUT2D eigenvalue weighted by Gasteiger charge is 2.36. The minimum Gasteiger partial charge on any atom is -0.468 e. The lowest BCUT2D eigenvalue weighted by molar-refractivity contribution is 0.237. The molecule has 0 aliphatic heterocycles. The van der Waals surface area contributed by atoms with E-state index in [0.717, 1.165) is 17.7 Å². The van der Waals surface area contributed by atoms with Gasteiger partial charge in [0.25, 0.3) is 0 Å². The standard InChI is InChI=1S/C17H22N4O2/c1-12-4-5-13(10-19-12)14-11-21(16(20-14)23-3)15(22)18-9-8-17(2)6-7-17/h4-5,10-11H,6-9H2,1-3H3,(H,18,22). The summed E-state index contributed by atoms with van der Waals surface area (Å²) in [7, 11) is 1.51. The molecule has 1 N–H and O–H groups in total. The topological polar surface area (TPSA) is 69.0 Å². The van der Waals surface area contributed by atoms with Gasteiger partial charge in [0.05, 0.1) is 12.8 Å². The van der Waals surface area contributed by atoms with Gasteiger partial charge in [0.1, 0.15) is 0 Å². The summed E-state index contributed by atoms with van der Waals surface area (Å²) >= 11 is 0. The largest absolute Gasteiger partial charge is 0.468 e. The van der Waals surface area contributed by atoms with Gasteiger partial charge >= 0.3 is 12.0 Å². The number of amides is 1. The van der Waals surface area contributed by atoms with Gasteiger partial charge in [-0.05, 0) is 43.7 Å². The first-order chi connectivity index (χ1) is 11.0. The normalized spacial score (nSPS) is 15.3. The molecule has 2 aromatic heterocycles. The van der Waals surface area contributed by atoms with Crippen molar-refractivity contribution >= 4 is 6.03 Å².